The van der Waals surface area contributed by atoms with E-state index in [1.54, 1.807) is 7.11 Å². The summed E-state index contributed by atoms with van der Waals surface area (Å²) in [4.78, 5) is 20.5. The number of benzene rings is 3. The molecule has 0 spiro atoms. The predicted molar refractivity (Wildman–Crippen MR) is 172 cm³/mol. The van der Waals surface area contributed by atoms with Crippen molar-refractivity contribution in [2.24, 2.45) is 0 Å². The van der Waals surface area contributed by atoms with Gasteiger partial charge in [0.15, 0.2) is 0 Å². The van der Waals surface area contributed by atoms with Crippen molar-refractivity contribution in [3.63, 3.8) is 0 Å². The van der Waals surface area contributed by atoms with Crippen LogP contribution in [0.2, 0.25) is 0 Å². The molecule has 42 heavy (non-hydrogen) atoms. The van der Waals surface area contributed by atoms with Crippen LogP contribution in [0.5, 0.6) is 5.75 Å². The number of methoxy groups -OCH3 is 1. The highest BCUT2D eigenvalue weighted by Gasteiger charge is 2.21. The number of hydrogen-bond acceptors (Lipinski definition) is 5. The van der Waals surface area contributed by atoms with E-state index in [1.807, 2.05) is 36.5 Å². The molecule has 7 heteroatoms. The van der Waals surface area contributed by atoms with E-state index in [2.05, 4.69) is 73.6 Å². The highest BCUT2D eigenvalue weighted by atomic mass is 16.5. The number of urea groups is 1. The van der Waals surface area contributed by atoms with E-state index in [1.165, 1.54) is 0 Å². The SMILES string of the molecule is CCCc1cc(C(C)(C)C)cc(NC(=O)Nc2ccc(-c3ccc(CN4CCOCC4)nc3)c3ccccc23)c1OC. The molecule has 5 rings (SSSR count). The van der Waals surface area contributed by atoms with Gasteiger partial charge in [0.1, 0.15) is 5.75 Å². The summed E-state index contributed by atoms with van der Waals surface area (Å²) in [6.07, 6.45) is 3.80. The molecule has 4 aromatic rings. The Balaban J connectivity index is 1.39. The van der Waals surface area contributed by atoms with Gasteiger partial charge >= 0.3 is 6.03 Å². The zero-order valence-electron chi connectivity index (χ0n) is 25.4. The minimum atomic E-state index is -0.311. The number of nitrogens with zero attached hydrogens (tertiary/aromatic N) is 2. The highest BCUT2D eigenvalue weighted by Crippen LogP contribution is 2.37. The number of aromatic nitrogens is 1. The first kappa shape index (κ1) is 29.5. The number of fused-ring (bicyclic) bond motifs is 1. The van der Waals surface area contributed by atoms with E-state index in [0.29, 0.717) is 11.4 Å². The minimum Gasteiger partial charge on any atom is -0.494 e. The lowest BCUT2D eigenvalue weighted by molar-refractivity contribution is 0.0336. The van der Waals surface area contributed by atoms with E-state index >= 15 is 0 Å². The van der Waals surface area contributed by atoms with Crippen molar-refractivity contribution >= 4 is 28.2 Å². The molecule has 0 radical (unpaired) electrons. The first-order valence-corrected chi connectivity index (χ1v) is 14.8. The average molecular weight is 567 g/mol. The number of nitrogens with one attached hydrogen (secondary N) is 2. The molecular weight excluding hydrogens is 524 g/mol. The number of carbonyl (C=O) groups excluding carboxylic acids is 1. The molecule has 1 aliphatic heterocycles. The Labute approximate surface area is 249 Å². The summed E-state index contributed by atoms with van der Waals surface area (Å²) in [5, 5.41) is 8.18. The molecule has 2 amide bonds. The Kier molecular flexibility index (Phi) is 9.09. The van der Waals surface area contributed by atoms with Crippen molar-refractivity contribution in [3.05, 3.63) is 83.7 Å². The Morgan fingerprint density at radius 3 is 2.38 bits per heavy atom. The van der Waals surface area contributed by atoms with Crippen LogP contribution in [0, 0.1) is 0 Å². The zero-order valence-corrected chi connectivity index (χ0v) is 25.4. The molecule has 7 nitrogen and oxygen atoms in total. The second-order valence-electron chi connectivity index (χ2n) is 11.9. The van der Waals surface area contributed by atoms with Crippen LogP contribution in [0.1, 0.15) is 50.9 Å². The third-order valence-electron chi connectivity index (χ3n) is 7.80. The summed E-state index contributed by atoms with van der Waals surface area (Å²) < 4.78 is 11.2. The van der Waals surface area contributed by atoms with Gasteiger partial charge in [-0.1, -0.05) is 76.6 Å². The molecule has 1 fully saturated rings. The molecule has 1 aromatic heterocycles. The number of pyridine rings is 1. The number of anilines is 2. The monoisotopic (exact) mass is 566 g/mol. The van der Waals surface area contributed by atoms with Crippen LogP contribution in [0.4, 0.5) is 16.2 Å². The molecule has 2 N–H and O–H groups in total. The van der Waals surface area contributed by atoms with E-state index in [-0.39, 0.29) is 11.4 Å². The fraction of sp³-hybridized carbons (Fsp3) is 0.371. The van der Waals surface area contributed by atoms with Crippen molar-refractivity contribution in [3.8, 4) is 16.9 Å². The van der Waals surface area contributed by atoms with Gasteiger partial charge in [-0.05, 0) is 52.1 Å². The second-order valence-corrected chi connectivity index (χ2v) is 11.9. The fourth-order valence-corrected chi connectivity index (χ4v) is 5.51. The Morgan fingerprint density at radius 1 is 0.976 bits per heavy atom. The molecule has 3 aromatic carbocycles. The van der Waals surface area contributed by atoms with E-state index < -0.39 is 0 Å². The van der Waals surface area contributed by atoms with Crippen LogP contribution in [0.25, 0.3) is 21.9 Å². The lowest BCUT2D eigenvalue weighted by atomic mass is 9.85. The first-order valence-electron chi connectivity index (χ1n) is 14.8. The maximum absolute atomic E-state index is 13.4. The lowest BCUT2D eigenvalue weighted by Gasteiger charge is -2.26. The van der Waals surface area contributed by atoms with Crippen LogP contribution in [-0.2, 0) is 23.1 Å². The lowest BCUT2D eigenvalue weighted by Crippen LogP contribution is -2.35. The van der Waals surface area contributed by atoms with E-state index in [9.17, 15) is 4.79 Å². The highest BCUT2D eigenvalue weighted by molar-refractivity contribution is 6.10. The van der Waals surface area contributed by atoms with Gasteiger partial charge < -0.3 is 20.1 Å². The van der Waals surface area contributed by atoms with Crippen LogP contribution in [-0.4, -0.2) is 49.3 Å². The molecule has 1 saturated heterocycles. The standard InChI is InChI=1S/C35H42N4O3/c1-6-9-24-20-26(35(2,3)4)21-32(33(24)41-5)38-34(40)37-31-15-14-28(29-10-7-8-11-30(29)31)25-12-13-27(36-22-25)23-39-16-18-42-19-17-39/h7-8,10-15,20-22H,6,9,16-19,23H2,1-5H3,(H2,37,38,40). The topological polar surface area (TPSA) is 75.7 Å². The molecule has 0 saturated carbocycles. The Hall–Kier alpha value is -3.94. The molecule has 220 valence electrons. The fourth-order valence-electron chi connectivity index (χ4n) is 5.51. The molecule has 0 unspecified atom stereocenters. The molecular formula is C35H42N4O3. The summed E-state index contributed by atoms with van der Waals surface area (Å²) >= 11 is 0. The van der Waals surface area contributed by atoms with Gasteiger partial charge in [-0.3, -0.25) is 9.88 Å². The van der Waals surface area contributed by atoms with Gasteiger partial charge in [0.05, 0.1) is 37.4 Å². The summed E-state index contributed by atoms with van der Waals surface area (Å²) in [6, 6.07) is 20.3. The Morgan fingerprint density at radius 2 is 1.71 bits per heavy atom. The molecule has 0 atom stereocenters. The smallest absolute Gasteiger partial charge is 0.323 e. The largest absolute Gasteiger partial charge is 0.494 e. The number of rotatable bonds is 8. The van der Waals surface area contributed by atoms with Crippen LogP contribution < -0.4 is 15.4 Å². The third kappa shape index (κ3) is 6.75. The van der Waals surface area contributed by atoms with Crippen LogP contribution >= 0.6 is 0 Å². The first-order chi connectivity index (χ1) is 20.3. The number of amides is 2. The maximum atomic E-state index is 13.4. The minimum absolute atomic E-state index is 0.0662. The number of aryl methyl sites for hydroxylation is 1. The quantitative estimate of drug-likeness (QED) is 0.229. The maximum Gasteiger partial charge on any atom is 0.323 e. The molecule has 0 bridgehead atoms. The second kappa shape index (κ2) is 12.9. The van der Waals surface area contributed by atoms with Crippen molar-refractivity contribution in [2.45, 2.75) is 52.5 Å². The number of carbonyl (C=O) groups is 1. The van der Waals surface area contributed by atoms with Gasteiger partial charge in [0.2, 0.25) is 0 Å². The van der Waals surface area contributed by atoms with Crippen molar-refractivity contribution < 1.29 is 14.3 Å². The molecule has 0 aliphatic carbocycles. The normalized spacial score (nSPS) is 14.1. The summed E-state index contributed by atoms with van der Waals surface area (Å²) in [5.74, 6) is 0.713. The van der Waals surface area contributed by atoms with Gasteiger partial charge in [-0.25, -0.2) is 4.79 Å². The average Bonchev–Trinajstić information content (AvgIpc) is 2.98. The van der Waals surface area contributed by atoms with Crippen molar-refractivity contribution in [1.82, 2.24) is 9.88 Å². The van der Waals surface area contributed by atoms with Crippen LogP contribution in [0.3, 0.4) is 0 Å². The summed E-state index contributed by atoms with van der Waals surface area (Å²) in [7, 11) is 1.66. The molecule has 1 aliphatic rings. The van der Waals surface area contributed by atoms with Gasteiger partial charge in [-0.2, -0.15) is 0 Å². The van der Waals surface area contributed by atoms with Crippen molar-refractivity contribution in [1.29, 1.82) is 0 Å². The van der Waals surface area contributed by atoms with Crippen molar-refractivity contribution in [2.75, 3.05) is 44.0 Å². The Bertz CT molecular complexity index is 1540. The van der Waals surface area contributed by atoms with Gasteiger partial charge in [0.25, 0.3) is 0 Å². The molecule has 2 heterocycles. The number of hydrogen-bond donors (Lipinski definition) is 2. The third-order valence-corrected chi connectivity index (χ3v) is 7.80. The van der Waals surface area contributed by atoms with Gasteiger partial charge in [0, 0.05) is 36.8 Å². The van der Waals surface area contributed by atoms with E-state index in [4.69, 9.17) is 14.5 Å². The van der Waals surface area contributed by atoms with Gasteiger partial charge in [-0.15, -0.1) is 0 Å². The predicted octanol–water partition coefficient (Wildman–Crippen LogP) is 7.64. The van der Waals surface area contributed by atoms with Crippen LogP contribution in [0.15, 0.2) is 66.9 Å². The zero-order chi connectivity index (χ0) is 29.7. The number of ether oxygens (including phenoxy) is 2. The summed E-state index contributed by atoms with van der Waals surface area (Å²) in [6.45, 7) is 12.9. The van der Waals surface area contributed by atoms with E-state index in [0.717, 1.165) is 90.1 Å². The number of morpholine rings is 1. The summed E-state index contributed by atoms with van der Waals surface area (Å²) in [5.41, 5.74) is 6.77.